The molecule has 0 aliphatic rings. The van der Waals surface area contributed by atoms with Crippen molar-refractivity contribution < 1.29 is 24.5 Å². The first-order valence-corrected chi connectivity index (χ1v) is 32.6. The summed E-state index contributed by atoms with van der Waals surface area (Å²) < 4.78 is 5.47. The van der Waals surface area contributed by atoms with Gasteiger partial charge in [0.05, 0.1) is 25.4 Å². The second kappa shape index (κ2) is 63.1. The maximum absolute atomic E-state index is 12.4. The molecule has 2 atom stereocenters. The van der Waals surface area contributed by atoms with E-state index in [0.717, 1.165) is 57.8 Å². The van der Waals surface area contributed by atoms with Gasteiger partial charge in [-0.1, -0.05) is 293 Å². The molecule has 2 unspecified atom stereocenters. The van der Waals surface area contributed by atoms with Gasteiger partial charge >= 0.3 is 5.97 Å². The third-order valence-corrected chi connectivity index (χ3v) is 14.7. The lowest BCUT2D eigenvalue weighted by molar-refractivity contribution is -0.143. The molecule has 0 saturated carbocycles. The second-order valence-electron chi connectivity index (χ2n) is 22.1. The first-order chi connectivity index (χ1) is 36.5. The Balaban J connectivity index is 3.39. The normalized spacial score (nSPS) is 13.0. The fraction of sp³-hybridized carbons (Fsp3) is 0.824. The monoisotopic (exact) mass is 1040 g/mol. The van der Waals surface area contributed by atoms with E-state index in [0.29, 0.717) is 19.4 Å². The molecule has 0 radical (unpaired) electrons. The summed E-state index contributed by atoms with van der Waals surface area (Å²) >= 11 is 0. The van der Waals surface area contributed by atoms with Gasteiger partial charge in [-0.15, -0.1) is 0 Å². The minimum absolute atomic E-state index is 0.00206. The van der Waals surface area contributed by atoms with Gasteiger partial charge in [-0.2, -0.15) is 0 Å². The molecular formula is C68H125NO5. The molecule has 3 N–H and O–H groups in total. The number of hydrogen-bond donors (Lipinski definition) is 3. The molecule has 0 bridgehead atoms. The van der Waals surface area contributed by atoms with Crippen molar-refractivity contribution in [1.82, 2.24) is 5.32 Å². The highest BCUT2D eigenvalue weighted by Gasteiger charge is 2.18. The maximum atomic E-state index is 12.4. The van der Waals surface area contributed by atoms with E-state index in [4.69, 9.17) is 4.74 Å². The summed E-state index contributed by atoms with van der Waals surface area (Å²) in [5.41, 5.74) is 0. The molecule has 0 aromatic rings. The fourth-order valence-corrected chi connectivity index (χ4v) is 9.76. The molecule has 0 aromatic carbocycles. The Bertz CT molecular complexity index is 1290. The number of allylic oxidation sites excluding steroid dienone is 9. The van der Waals surface area contributed by atoms with Gasteiger partial charge in [-0.25, -0.2) is 0 Å². The van der Waals surface area contributed by atoms with Gasteiger partial charge in [0, 0.05) is 12.8 Å². The molecule has 0 rings (SSSR count). The van der Waals surface area contributed by atoms with Crippen molar-refractivity contribution in [2.75, 3.05) is 13.2 Å². The van der Waals surface area contributed by atoms with Crippen LogP contribution in [-0.2, 0) is 14.3 Å². The quantitative estimate of drug-likeness (QED) is 0.0320. The Morgan fingerprint density at radius 3 is 1.08 bits per heavy atom. The van der Waals surface area contributed by atoms with Gasteiger partial charge < -0.3 is 20.3 Å². The molecule has 0 aliphatic carbocycles. The van der Waals surface area contributed by atoms with Crippen molar-refractivity contribution in [2.24, 2.45) is 0 Å². The van der Waals surface area contributed by atoms with Crippen LogP contribution in [0.1, 0.15) is 335 Å². The highest BCUT2D eigenvalue weighted by atomic mass is 16.5. The van der Waals surface area contributed by atoms with Gasteiger partial charge in [0.2, 0.25) is 5.91 Å². The lowest BCUT2D eigenvalue weighted by Crippen LogP contribution is -2.45. The lowest BCUT2D eigenvalue weighted by Gasteiger charge is -2.20. The summed E-state index contributed by atoms with van der Waals surface area (Å²) in [6, 6.07) is -0.626. The van der Waals surface area contributed by atoms with Crippen LogP contribution in [0, 0.1) is 0 Å². The topological polar surface area (TPSA) is 95.9 Å². The van der Waals surface area contributed by atoms with Crippen LogP contribution < -0.4 is 5.32 Å². The molecule has 1 amide bonds. The SMILES string of the molecule is CCC/C=C\C/C=C\CCCCCCCC(=O)OCCCCCCCCCCC/C=C\C/C=C\CCCCCCCCCCCCCCCCCCCC(=O)NC(CO)C(O)/C=C/CCCCCCCCCCC. The number of nitrogens with one attached hydrogen (secondary N) is 1. The van der Waals surface area contributed by atoms with Crippen LogP contribution in [0.2, 0.25) is 0 Å². The van der Waals surface area contributed by atoms with E-state index >= 15 is 0 Å². The van der Waals surface area contributed by atoms with Crippen molar-refractivity contribution in [3.05, 3.63) is 60.8 Å². The predicted octanol–water partition coefficient (Wildman–Crippen LogP) is 20.7. The summed E-state index contributed by atoms with van der Waals surface area (Å²) in [5, 5.41) is 23.0. The minimum atomic E-state index is -0.842. The highest BCUT2D eigenvalue weighted by Crippen LogP contribution is 2.17. The summed E-state index contributed by atoms with van der Waals surface area (Å²) in [5.74, 6) is -0.0693. The zero-order chi connectivity index (χ0) is 53.6. The standard InChI is InChI=1S/C68H125NO5/c1-3-5-7-9-11-13-15-37-42-46-50-54-58-62-68(73)74-63-59-55-51-47-43-39-36-34-32-30-28-26-24-22-20-18-16-17-19-21-23-25-27-29-31-33-35-38-41-45-49-53-57-61-67(72)69-65(64-70)66(71)60-56-52-48-44-40-14-12-10-8-6-4-2/h7,9,13,15,20,22,26,28,56,60,65-66,70-71H,3-6,8,10-12,14,16-19,21,23-25,27,29-55,57-59,61-64H2,1-2H3,(H,69,72)/b9-7-,15-13-,22-20-,28-26-,60-56+. The molecule has 0 fully saturated rings. The molecule has 0 saturated heterocycles. The molecule has 0 heterocycles. The zero-order valence-corrected chi connectivity index (χ0v) is 49.3. The number of esters is 1. The van der Waals surface area contributed by atoms with Crippen molar-refractivity contribution in [3.63, 3.8) is 0 Å². The third-order valence-electron chi connectivity index (χ3n) is 14.7. The zero-order valence-electron chi connectivity index (χ0n) is 49.3. The molecule has 6 heteroatoms. The van der Waals surface area contributed by atoms with Crippen molar-refractivity contribution in [1.29, 1.82) is 0 Å². The van der Waals surface area contributed by atoms with Crippen LogP contribution in [0.15, 0.2) is 60.8 Å². The Hall–Kier alpha value is -2.44. The molecule has 432 valence electrons. The number of carbonyl (C=O) groups excluding carboxylic acids is 2. The fourth-order valence-electron chi connectivity index (χ4n) is 9.76. The van der Waals surface area contributed by atoms with E-state index in [2.05, 4.69) is 67.8 Å². The van der Waals surface area contributed by atoms with E-state index in [1.165, 1.54) is 250 Å². The van der Waals surface area contributed by atoms with Gasteiger partial charge in [0.1, 0.15) is 0 Å². The van der Waals surface area contributed by atoms with Gasteiger partial charge in [0.25, 0.3) is 0 Å². The number of carbonyl (C=O) groups is 2. The summed E-state index contributed by atoms with van der Waals surface area (Å²) in [4.78, 5) is 24.5. The first kappa shape index (κ1) is 71.6. The van der Waals surface area contributed by atoms with Crippen LogP contribution in [0.25, 0.3) is 0 Å². The Morgan fingerprint density at radius 1 is 0.378 bits per heavy atom. The van der Waals surface area contributed by atoms with Gasteiger partial charge in [0.15, 0.2) is 0 Å². The number of ether oxygens (including phenoxy) is 1. The average Bonchev–Trinajstić information content (AvgIpc) is 3.40. The Morgan fingerprint density at radius 2 is 0.703 bits per heavy atom. The Kier molecular flexibility index (Phi) is 61.0. The van der Waals surface area contributed by atoms with E-state index in [1.807, 2.05) is 6.08 Å². The first-order valence-electron chi connectivity index (χ1n) is 32.6. The molecule has 0 aliphatic heterocycles. The summed E-state index contributed by atoms with van der Waals surface area (Å²) in [6.07, 6.45) is 82.9. The molecule has 74 heavy (non-hydrogen) atoms. The third kappa shape index (κ3) is 58.8. The molecule has 0 aromatic heterocycles. The lowest BCUT2D eigenvalue weighted by atomic mass is 10.0. The molecule has 0 spiro atoms. The van der Waals surface area contributed by atoms with Crippen molar-refractivity contribution in [3.8, 4) is 0 Å². The summed E-state index contributed by atoms with van der Waals surface area (Å²) in [6.45, 7) is 4.82. The van der Waals surface area contributed by atoms with Crippen LogP contribution in [0.4, 0.5) is 0 Å². The van der Waals surface area contributed by atoms with Gasteiger partial charge in [-0.05, 0) is 89.9 Å². The average molecular weight is 1040 g/mol. The van der Waals surface area contributed by atoms with E-state index in [9.17, 15) is 19.8 Å². The van der Waals surface area contributed by atoms with Crippen LogP contribution in [0.5, 0.6) is 0 Å². The Labute approximate surface area is 460 Å². The van der Waals surface area contributed by atoms with Crippen molar-refractivity contribution in [2.45, 2.75) is 347 Å². The van der Waals surface area contributed by atoms with Crippen LogP contribution >= 0.6 is 0 Å². The molecule has 6 nitrogen and oxygen atoms in total. The second-order valence-corrected chi connectivity index (χ2v) is 22.1. The van der Waals surface area contributed by atoms with Crippen LogP contribution in [0.3, 0.4) is 0 Å². The molecular weight excluding hydrogens is 911 g/mol. The maximum Gasteiger partial charge on any atom is 0.305 e. The number of hydrogen-bond acceptors (Lipinski definition) is 5. The number of aliphatic hydroxyl groups is 2. The number of aliphatic hydroxyl groups excluding tert-OH is 2. The van der Waals surface area contributed by atoms with E-state index in [1.54, 1.807) is 6.08 Å². The van der Waals surface area contributed by atoms with Crippen molar-refractivity contribution >= 4 is 11.9 Å². The van der Waals surface area contributed by atoms with E-state index < -0.39 is 12.1 Å². The largest absolute Gasteiger partial charge is 0.466 e. The minimum Gasteiger partial charge on any atom is -0.466 e. The number of unbranched alkanes of at least 4 members (excludes halogenated alkanes) is 41. The number of amides is 1. The summed E-state index contributed by atoms with van der Waals surface area (Å²) in [7, 11) is 0. The predicted molar refractivity (Wildman–Crippen MR) is 324 cm³/mol. The number of rotatable bonds is 60. The van der Waals surface area contributed by atoms with E-state index in [-0.39, 0.29) is 18.5 Å². The van der Waals surface area contributed by atoms with Crippen LogP contribution in [-0.4, -0.2) is 47.4 Å². The van der Waals surface area contributed by atoms with Gasteiger partial charge in [-0.3, -0.25) is 9.59 Å². The highest BCUT2D eigenvalue weighted by molar-refractivity contribution is 5.76. The smallest absolute Gasteiger partial charge is 0.305 e.